The first-order chi connectivity index (χ1) is 13.1. The van der Waals surface area contributed by atoms with Gasteiger partial charge in [0.1, 0.15) is 12.4 Å². The van der Waals surface area contributed by atoms with Crippen molar-refractivity contribution in [2.75, 3.05) is 0 Å². The van der Waals surface area contributed by atoms with Crippen LogP contribution in [0.15, 0.2) is 66.7 Å². The third-order valence-electron chi connectivity index (χ3n) is 4.61. The lowest BCUT2D eigenvalue weighted by Gasteiger charge is -2.13. The average molecular weight is 361 g/mol. The van der Waals surface area contributed by atoms with Gasteiger partial charge in [-0.25, -0.2) is 0 Å². The Bertz CT molecular complexity index is 950. The first kappa shape index (κ1) is 18.7. The van der Waals surface area contributed by atoms with Crippen molar-refractivity contribution in [2.45, 2.75) is 26.5 Å². The highest BCUT2D eigenvalue weighted by Gasteiger charge is 2.09. The number of rotatable bonds is 7. The fraction of sp³-hybridized carbons (Fsp3) is 0.174. The predicted octanol–water partition coefficient (Wildman–Crippen LogP) is 4.33. The van der Waals surface area contributed by atoms with Crippen LogP contribution < -0.4 is 10.5 Å². The van der Waals surface area contributed by atoms with E-state index in [2.05, 4.69) is 25.1 Å². The normalized spacial score (nSPS) is 10.6. The van der Waals surface area contributed by atoms with Gasteiger partial charge in [0, 0.05) is 12.1 Å². The second kappa shape index (κ2) is 8.52. The Morgan fingerprint density at radius 2 is 1.74 bits per heavy atom. The van der Waals surface area contributed by atoms with E-state index in [1.165, 1.54) is 5.56 Å². The van der Waals surface area contributed by atoms with Crippen LogP contribution in [0.4, 0.5) is 0 Å². The Hall–Kier alpha value is -3.11. The summed E-state index contributed by atoms with van der Waals surface area (Å²) in [4.78, 5) is 11.0. The van der Waals surface area contributed by atoms with Gasteiger partial charge in [-0.05, 0) is 46.9 Å². The molecule has 0 saturated heterocycles. The molecular weight excluding hydrogens is 338 g/mol. The number of benzene rings is 3. The average Bonchev–Trinajstić information content (AvgIpc) is 2.67. The third-order valence-corrected chi connectivity index (χ3v) is 4.61. The van der Waals surface area contributed by atoms with Crippen LogP contribution >= 0.6 is 0 Å². The molecule has 0 fully saturated rings. The smallest absolute Gasteiger partial charge is 0.307 e. The van der Waals surface area contributed by atoms with Crippen molar-refractivity contribution >= 4 is 5.97 Å². The number of carboxylic acid groups (broad SMARTS) is 1. The molecule has 3 rings (SSSR count). The van der Waals surface area contributed by atoms with Crippen LogP contribution in [0.2, 0.25) is 0 Å². The number of hydrogen-bond donors (Lipinski definition) is 2. The van der Waals surface area contributed by atoms with Gasteiger partial charge in [-0.15, -0.1) is 0 Å². The van der Waals surface area contributed by atoms with Gasteiger partial charge in [0.25, 0.3) is 0 Å². The lowest BCUT2D eigenvalue weighted by Crippen LogP contribution is -2.04. The van der Waals surface area contributed by atoms with Gasteiger partial charge in [-0.2, -0.15) is 0 Å². The molecule has 138 valence electrons. The van der Waals surface area contributed by atoms with Crippen molar-refractivity contribution in [3.8, 4) is 16.9 Å². The molecule has 27 heavy (non-hydrogen) atoms. The van der Waals surface area contributed by atoms with E-state index < -0.39 is 5.97 Å². The van der Waals surface area contributed by atoms with Gasteiger partial charge in [0.2, 0.25) is 0 Å². The Morgan fingerprint density at radius 3 is 2.52 bits per heavy atom. The summed E-state index contributed by atoms with van der Waals surface area (Å²) in [7, 11) is 0. The van der Waals surface area contributed by atoms with Gasteiger partial charge in [-0.3, -0.25) is 4.79 Å². The lowest BCUT2D eigenvalue weighted by molar-refractivity contribution is -0.136. The van der Waals surface area contributed by atoms with Gasteiger partial charge >= 0.3 is 5.97 Å². The third kappa shape index (κ3) is 4.54. The predicted molar refractivity (Wildman–Crippen MR) is 107 cm³/mol. The van der Waals surface area contributed by atoms with Crippen molar-refractivity contribution in [1.82, 2.24) is 0 Å². The molecule has 4 nitrogen and oxygen atoms in total. The topological polar surface area (TPSA) is 72.5 Å². The molecule has 0 spiro atoms. The van der Waals surface area contributed by atoms with Crippen LogP contribution in [0.5, 0.6) is 5.75 Å². The Morgan fingerprint density at radius 1 is 1.00 bits per heavy atom. The molecule has 0 aromatic heterocycles. The summed E-state index contributed by atoms with van der Waals surface area (Å²) in [6.45, 7) is 2.98. The maximum atomic E-state index is 11.0. The van der Waals surface area contributed by atoms with Crippen LogP contribution in [-0.4, -0.2) is 11.1 Å². The minimum absolute atomic E-state index is 0.0543. The molecule has 0 aliphatic rings. The molecule has 0 saturated carbocycles. The zero-order valence-electron chi connectivity index (χ0n) is 15.3. The highest BCUT2D eigenvalue weighted by atomic mass is 16.5. The summed E-state index contributed by atoms with van der Waals surface area (Å²) in [5, 5.41) is 9.04. The highest BCUT2D eigenvalue weighted by Crippen LogP contribution is 2.27. The van der Waals surface area contributed by atoms with Crippen LogP contribution in [-0.2, 0) is 24.4 Å². The molecule has 3 N–H and O–H groups in total. The summed E-state index contributed by atoms with van der Waals surface area (Å²) >= 11 is 0. The zero-order valence-corrected chi connectivity index (χ0v) is 15.3. The van der Waals surface area contributed by atoms with Gasteiger partial charge in [-0.1, -0.05) is 54.6 Å². The summed E-state index contributed by atoms with van der Waals surface area (Å²) in [5.41, 5.74) is 12.1. The molecule has 0 amide bonds. The first-order valence-corrected chi connectivity index (χ1v) is 8.89. The fourth-order valence-corrected chi connectivity index (χ4v) is 3.16. The van der Waals surface area contributed by atoms with Crippen LogP contribution in [0.3, 0.4) is 0 Å². The number of hydrogen-bond acceptors (Lipinski definition) is 3. The largest absolute Gasteiger partial charge is 0.489 e. The molecule has 0 heterocycles. The Balaban J connectivity index is 1.81. The molecule has 0 aliphatic carbocycles. The van der Waals surface area contributed by atoms with Gasteiger partial charge in [0.15, 0.2) is 0 Å². The van der Waals surface area contributed by atoms with Crippen molar-refractivity contribution in [3.05, 3.63) is 89.0 Å². The molecule has 0 unspecified atom stereocenters. The van der Waals surface area contributed by atoms with E-state index in [1.54, 1.807) is 12.1 Å². The van der Waals surface area contributed by atoms with E-state index in [9.17, 15) is 4.79 Å². The number of para-hydroxylation sites is 1. The van der Waals surface area contributed by atoms with Crippen molar-refractivity contribution < 1.29 is 14.6 Å². The van der Waals surface area contributed by atoms with Crippen LogP contribution in [0, 0.1) is 6.92 Å². The monoisotopic (exact) mass is 361 g/mol. The molecule has 4 heteroatoms. The summed E-state index contributed by atoms with van der Waals surface area (Å²) in [6, 6.07) is 21.6. The first-order valence-electron chi connectivity index (χ1n) is 8.89. The highest BCUT2D eigenvalue weighted by molar-refractivity contribution is 5.71. The molecule has 0 bridgehead atoms. The quantitative estimate of drug-likeness (QED) is 0.657. The van der Waals surface area contributed by atoms with E-state index in [4.69, 9.17) is 15.6 Å². The van der Waals surface area contributed by atoms with Crippen molar-refractivity contribution in [3.63, 3.8) is 0 Å². The lowest BCUT2D eigenvalue weighted by atomic mass is 9.95. The summed E-state index contributed by atoms with van der Waals surface area (Å²) in [6.07, 6.45) is -0.0543. The maximum Gasteiger partial charge on any atom is 0.307 e. The minimum Gasteiger partial charge on any atom is -0.489 e. The van der Waals surface area contributed by atoms with Crippen LogP contribution in [0.25, 0.3) is 11.1 Å². The van der Waals surface area contributed by atoms with E-state index in [-0.39, 0.29) is 6.42 Å². The van der Waals surface area contributed by atoms with Crippen LogP contribution in [0.1, 0.15) is 22.3 Å². The number of aliphatic carboxylic acids is 1. The molecule has 0 radical (unpaired) electrons. The maximum absolute atomic E-state index is 11.0. The van der Waals surface area contributed by atoms with Gasteiger partial charge in [0.05, 0.1) is 6.42 Å². The second-order valence-corrected chi connectivity index (χ2v) is 6.46. The minimum atomic E-state index is -0.872. The molecule has 3 aromatic rings. The number of ether oxygens (including phenoxy) is 1. The van der Waals surface area contributed by atoms with E-state index >= 15 is 0 Å². The number of carboxylic acids is 1. The van der Waals surface area contributed by atoms with E-state index in [1.807, 2.05) is 36.4 Å². The SMILES string of the molecule is Cc1c(CN)cccc1-c1cccc(COc2ccccc2CC(=O)O)c1. The second-order valence-electron chi connectivity index (χ2n) is 6.46. The fourth-order valence-electron chi connectivity index (χ4n) is 3.16. The van der Waals surface area contributed by atoms with E-state index in [0.29, 0.717) is 24.5 Å². The summed E-state index contributed by atoms with van der Waals surface area (Å²) < 4.78 is 5.91. The molecule has 0 atom stereocenters. The number of nitrogens with two attached hydrogens (primary N) is 1. The van der Waals surface area contributed by atoms with Gasteiger partial charge < -0.3 is 15.6 Å². The number of carbonyl (C=O) groups is 1. The molecule has 0 aliphatic heterocycles. The molecular formula is C23H23NO3. The van der Waals surface area contributed by atoms with Crippen molar-refractivity contribution in [2.24, 2.45) is 5.73 Å². The molecule has 3 aromatic carbocycles. The summed E-state index contributed by atoms with van der Waals surface area (Å²) in [5.74, 6) is -0.269. The Kier molecular flexibility index (Phi) is 5.89. The van der Waals surface area contributed by atoms with E-state index in [0.717, 1.165) is 22.3 Å². The Labute approximate surface area is 159 Å². The zero-order chi connectivity index (χ0) is 19.2. The van der Waals surface area contributed by atoms with Crippen molar-refractivity contribution in [1.29, 1.82) is 0 Å². The standard InChI is InChI=1S/C23H23NO3/c1-16-20(14-24)9-5-10-21(16)18-8-4-6-17(12-18)15-27-22-11-3-2-7-19(22)13-23(25)26/h2-12H,13-15,24H2,1H3,(H,25,26).